The van der Waals surface area contributed by atoms with Gasteiger partial charge >= 0.3 is 6.03 Å². The van der Waals surface area contributed by atoms with E-state index in [0.717, 1.165) is 12.8 Å². The van der Waals surface area contributed by atoms with E-state index < -0.39 is 0 Å². The van der Waals surface area contributed by atoms with Crippen LogP contribution in [0.4, 0.5) is 4.79 Å². The monoisotopic (exact) mass is 283 g/mol. The minimum Gasteiger partial charge on any atom is -0.393 e. The number of nitrogens with one attached hydrogen (secondary N) is 1. The van der Waals surface area contributed by atoms with E-state index in [-0.39, 0.29) is 24.1 Å². The van der Waals surface area contributed by atoms with Gasteiger partial charge in [0, 0.05) is 31.1 Å². The second kappa shape index (κ2) is 7.27. The summed E-state index contributed by atoms with van der Waals surface area (Å²) < 4.78 is 0. The molecule has 2 amide bonds. The Morgan fingerprint density at radius 1 is 1.30 bits per heavy atom. The van der Waals surface area contributed by atoms with E-state index in [1.54, 1.807) is 4.90 Å². The van der Waals surface area contributed by atoms with Crippen LogP contribution in [0, 0.1) is 5.92 Å². The highest BCUT2D eigenvalue weighted by Crippen LogP contribution is 2.24. The van der Waals surface area contributed by atoms with Gasteiger partial charge in [0.25, 0.3) is 0 Å². The van der Waals surface area contributed by atoms with Crippen molar-refractivity contribution in [3.63, 3.8) is 0 Å². The van der Waals surface area contributed by atoms with Crippen molar-refractivity contribution in [3.05, 3.63) is 0 Å². The molecular formula is C15H29N3O2. The molecule has 1 saturated heterocycles. The number of hydrogen-bond acceptors (Lipinski definition) is 3. The van der Waals surface area contributed by atoms with E-state index >= 15 is 0 Å². The molecule has 4 N–H and O–H groups in total. The molecule has 0 aromatic rings. The third-order valence-corrected chi connectivity index (χ3v) is 4.83. The summed E-state index contributed by atoms with van der Waals surface area (Å²) in [6.07, 6.45) is 7.72. The largest absolute Gasteiger partial charge is 0.393 e. The minimum absolute atomic E-state index is 0.141. The van der Waals surface area contributed by atoms with E-state index in [2.05, 4.69) is 5.32 Å². The molecule has 20 heavy (non-hydrogen) atoms. The van der Waals surface area contributed by atoms with Gasteiger partial charge in [-0.25, -0.2) is 4.79 Å². The summed E-state index contributed by atoms with van der Waals surface area (Å²) in [5.41, 5.74) is 5.44. The molecule has 2 aliphatic rings. The quantitative estimate of drug-likeness (QED) is 0.730. The fourth-order valence-corrected chi connectivity index (χ4v) is 3.65. The van der Waals surface area contributed by atoms with Gasteiger partial charge in [0.1, 0.15) is 0 Å². The maximum atomic E-state index is 11.5. The molecule has 0 bridgehead atoms. The summed E-state index contributed by atoms with van der Waals surface area (Å²) in [5, 5.41) is 13.8. The highest BCUT2D eigenvalue weighted by molar-refractivity contribution is 5.72. The summed E-state index contributed by atoms with van der Waals surface area (Å²) in [6.45, 7) is 3.25. The van der Waals surface area contributed by atoms with Crippen LogP contribution in [0.2, 0.25) is 0 Å². The van der Waals surface area contributed by atoms with Crippen molar-refractivity contribution in [3.8, 4) is 0 Å². The van der Waals surface area contributed by atoms with Gasteiger partial charge in [-0.1, -0.05) is 26.2 Å². The number of aliphatic hydroxyl groups is 1. The van der Waals surface area contributed by atoms with Crippen molar-refractivity contribution in [2.45, 2.75) is 70.1 Å². The maximum Gasteiger partial charge on any atom is 0.314 e. The van der Waals surface area contributed by atoms with Crippen LogP contribution >= 0.6 is 0 Å². The number of hydrogen-bond donors (Lipinski definition) is 3. The van der Waals surface area contributed by atoms with Crippen molar-refractivity contribution in [1.82, 2.24) is 10.2 Å². The summed E-state index contributed by atoms with van der Waals surface area (Å²) >= 11 is 0. The Morgan fingerprint density at radius 3 is 2.60 bits per heavy atom. The Hall–Kier alpha value is -0.810. The average molecular weight is 283 g/mol. The van der Waals surface area contributed by atoms with Gasteiger partial charge in [-0.05, 0) is 25.7 Å². The van der Waals surface area contributed by atoms with Crippen molar-refractivity contribution in [2.75, 3.05) is 13.1 Å². The van der Waals surface area contributed by atoms with Crippen LogP contribution in [-0.2, 0) is 0 Å². The molecule has 1 saturated carbocycles. The van der Waals surface area contributed by atoms with Gasteiger partial charge in [0.05, 0.1) is 6.10 Å². The standard InChI is InChI=1S/C15H29N3O2/c1-2-14(19)11-8-13(10-18(9-11)15(16)20)17-12-6-4-3-5-7-12/h11-14,17,19H,2-10H2,1H3,(H2,16,20). The first-order chi connectivity index (χ1) is 9.60. The highest BCUT2D eigenvalue weighted by Gasteiger charge is 2.33. The lowest BCUT2D eigenvalue weighted by Crippen LogP contribution is -2.56. The molecule has 5 nitrogen and oxygen atoms in total. The zero-order valence-corrected chi connectivity index (χ0v) is 12.6. The average Bonchev–Trinajstić information content (AvgIpc) is 2.47. The highest BCUT2D eigenvalue weighted by atomic mass is 16.3. The number of amides is 2. The smallest absolute Gasteiger partial charge is 0.314 e. The number of urea groups is 1. The Bertz CT molecular complexity index is 316. The molecule has 0 aromatic carbocycles. The first-order valence-corrected chi connectivity index (χ1v) is 8.08. The molecule has 0 radical (unpaired) electrons. The molecule has 1 aliphatic heterocycles. The molecule has 116 valence electrons. The van der Waals surface area contributed by atoms with Gasteiger partial charge in [0.2, 0.25) is 0 Å². The zero-order chi connectivity index (χ0) is 14.5. The molecule has 3 unspecified atom stereocenters. The van der Waals surface area contributed by atoms with Gasteiger partial charge < -0.3 is 21.1 Å². The molecule has 1 heterocycles. The van der Waals surface area contributed by atoms with Crippen LogP contribution in [0.5, 0.6) is 0 Å². The SMILES string of the molecule is CCC(O)C1CC(NC2CCCCC2)CN(C(N)=O)C1. The van der Waals surface area contributed by atoms with Crippen LogP contribution in [0.15, 0.2) is 0 Å². The lowest BCUT2D eigenvalue weighted by Gasteiger charge is -2.41. The number of likely N-dealkylation sites (tertiary alicyclic amines) is 1. The van der Waals surface area contributed by atoms with Crippen LogP contribution in [0.3, 0.4) is 0 Å². The van der Waals surface area contributed by atoms with Crippen molar-refractivity contribution < 1.29 is 9.90 Å². The minimum atomic E-state index is -0.367. The molecule has 0 spiro atoms. The first-order valence-electron chi connectivity index (χ1n) is 8.08. The summed E-state index contributed by atoms with van der Waals surface area (Å²) in [5.74, 6) is 0.141. The number of piperidine rings is 1. The molecular weight excluding hydrogens is 254 g/mol. The molecule has 1 aliphatic carbocycles. The molecule has 3 atom stereocenters. The van der Waals surface area contributed by atoms with E-state index in [1.165, 1.54) is 32.1 Å². The van der Waals surface area contributed by atoms with Crippen molar-refractivity contribution in [2.24, 2.45) is 11.7 Å². The molecule has 5 heteroatoms. The Morgan fingerprint density at radius 2 is 2.00 bits per heavy atom. The van der Waals surface area contributed by atoms with Gasteiger partial charge in [0.15, 0.2) is 0 Å². The molecule has 2 rings (SSSR count). The number of primary amides is 1. The normalized spacial score (nSPS) is 30.2. The second-order valence-corrected chi connectivity index (χ2v) is 6.41. The third-order valence-electron chi connectivity index (χ3n) is 4.83. The topological polar surface area (TPSA) is 78.6 Å². The van der Waals surface area contributed by atoms with E-state index in [0.29, 0.717) is 19.1 Å². The fraction of sp³-hybridized carbons (Fsp3) is 0.933. The van der Waals surface area contributed by atoms with Crippen LogP contribution in [0.1, 0.15) is 51.9 Å². The first kappa shape index (κ1) is 15.6. The third kappa shape index (κ3) is 4.09. The van der Waals surface area contributed by atoms with E-state index in [4.69, 9.17) is 5.73 Å². The number of rotatable bonds is 4. The molecule has 0 aromatic heterocycles. The predicted molar refractivity (Wildman–Crippen MR) is 79.4 cm³/mol. The van der Waals surface area contributed by atoms with Crippen molar-refractivity contribution >= 4 is 6.03 Å². The van der Waals surface area contributed by atoms with Gasteiger partial charge in [-0.2, -0.15) is 0 Å². The zero-order valence-electron chi connectivity index (χ0n) is 12.6. The molecule has 2 fully saturated rings. The summed E-state index contributed by atoms with van der Waals surface area (Å²) in [7, 11) is 0. The van der Waals surface area contributed by atoms with Crippen LogP contribution < -0.4 is 11.1 Å². The second-order valence-electron chi connectivity index (χ2n) is 6.41. The lowest BCUT2D eigenvalue weighted by atomic mass is 9.87. The van der Waals surface area contributed by atoms with Crippen LogP contribution in [-0.4, -0.2) is 47.3 Å². The number of aliphatic hydroxyl groups excluding tert-OH is 1. The number of nitrogens with zero attached hydrogens (tertiary/aromatic N) is 1. The lowest BCUT2D eigenvalue weighted by molar-refractivity contribution is 0.0458. The van der Waals surface area contributed by atoms with Gasteiger partial charge in [-0.3, -0.25) is 0 Å². The number of nitrogens with two attached hydrogens (primary N) is 1. The number of carbonyl (C=O) groups excluding carboxylic acids is 1. The van der Waals surface area contributed by atoms with E-state index in [9.17, 15) is 9.90 Å². The summed E-state index contributed by atoms with van der Waals surface area (Å²) in [4.78, 5) is 13.2. The summed E-state index contributed by atoms with van der Waals surface area (Å²) in [6, 6.07) is 0.472. The number of carbonyl (C=O) groups is 1. The van der Waals surface area contributed by atoms with Gasteiger partial charge in [-0.15, -0.1) is 0 Å². The maximum absolute atomic E-state index is 11.5. The fourth-order valence-electron chi connectivity index (χ4n) is 3.65. The van der Waals surface area contributed by atoms with Crippen molar-refractivity contribution in [1.29, 1.82) is 0 Å². The predicted octanol–water partition coefficient (Wildman–Crippen LogP) is 1.45. The van der Waals surface area contributed by atoms with E-state index in [1.807, 2.05) is 6.92 Å². The Balaban J connectivity index is 1.93. The Labute approximate surface area is 121 Å². The Kier molecular flexibility index (Phi) is 5.66. The van der Waals surface area contributed by atoms with Crippen LogP contribution in [0.25, 0.3) is 0 Å².